The highest BCUT2D eigenvalue weighted by molar-refractivity contribution is 7.18. The van der Waals surface area contributed by atoms with E-state index in [1.807, 2.05) is 48.5 Å². The lowest BCUT2D eigenvalue weighted by Gasteiger charge is -2.31. The van der Waals surface area contributed by atoms with Crippen LogP contribution in [0.1, 0.15) is 42.3 Å². The summed E-state index contributed by atoms with van der Waals surface area (Å²) in [5.74, 6) is 0.941. The molecule has 3 heterocycles. The van der Waals surface area contributed by atoms with Crippen molar-refractivity contribution < 1.29 is 23.5 Å². The summed E-state index contributed by atoms with van der Waals surface area (Å²) in [5.41, 5.74) is 4.01. The Hall–Kier alpha value is -3.49. The van der Waals surface area contributed by atoms with Crippen molar-refractivity contribution in [2.24, 2.45) is 11.8 Å². The first-order chi connectivity index (χ1) is 18.5. The molecule has 38 heavy (non-hydrogen) atoms. The third-order valence-corrected chi connectivity index (χ3v) is 8.42. The van der Waals surface area contributed by atoms with Gasteiger partial charge in [0.1, 0.15) is 16.2 Å². The lowest BCUT2D eigenvalue weighted by molar-refractivity contribution is -0.123. The van der Waals surface area contributed by atoms with E-state index in [9.17, 15) is 9.59 Å². The molecule has 0 unspecified atom stereocenters. The van der Waals surface area contributed by atoms with E-state index in [1.54, 1.807) is 18.2 Å². The Bertz CT molecular complexity index is 1380. The molecule has 8 heteroatoms. The first-order valence-electron chi connectivity index (χ1n) is 13.0. The highest BCUT2D eigenvalue weighted by Crippen LogP contribution is 2.40. The summed E-state index contributed by atoms with van der Waals surface area (Å²) in [6, 6.07) is 15.6. The molecule has 1 aliphatic rings. The van der Waals surface area contributed by atoms with Crippen molar-refractivity contribution in [1.29, 1.82) is 0 Å². The number of esters is 1. The van der Waals surface area contributed by atoms with E-state index in [-0.39, 0.29) is 11.8 Å². The van der Waals surface area contributed by atoms with Gasteiger partial charge in [-0.3, -0.25) is 9.78 Å². The van der Waals surface area contributed by atoms with Crippen LogP contribution in [0.2, 0.25) is 0 Å². The quantitative estimate of drug-likeness (QED) is 0.232. The molecule has 1 amide bonds. The van der Waals surface area contributed by atoms with Gasteiger partial charge in [-0.2, -0.15) is 0 Å². The zero-order valence-electron chi connectivity index (χ0n) is 21.9. The van der Waals surface area contributed by atoms with Crippen molar-refractivity contribution in [1.82, 2.24) is 4.98 Å². The van der Waals surface area contributed by atoms with Crippen LogP contribution in [0.25, 0.3) is 32.9 Å². The molecule has 0 saturated heterocycles. The first kappa shape index (κ1) is 26.1. The molecule has 1 aliphatic carbocycles. The van der Waals surface area contributed by atoms with Gasteiger partial charge in [-0.1, -0.05) is 31.2 Å². The lowest BCUT2D eigenvalue weighted by atomic mass is 9.82. The number of rotatable bonds is 8. The monoisotopic (exact) mass is 532 g/mol. The third kappa shape index (κ3) is 5.37. The Kier molecular flexibility index (Phi) is 7.90. The van der Waals surface area contributed by atoms with Gasteiger partial charge < -0.3 is 18.8 Å². The van der Waals surface area contributed by atoms with E-state index in [0.717, 1.165) is 58.5 Å². The van der Waals surface area contributed by atoms with Gasteiger partial charge >= 0.3 is 5.97 Å². The molecule has 0 bridgehead atoms. The number of hydrogen-bond acceptors (Lipinski definition) is 7. The smallest absolute Gasteiger partial charge is 0.350 e. The second kappa shape index (κ2) is 11.5. The normalized spacial score (nSPS) is 17.4. The number of hydrogen-bond donors (Lipinski definition) is 0. The Morgan fingerprint density at radius 1 is 1.05 bits per heavy atom. The van der Waals surface area contributed by atoms with Crippen LogP contribution in [0.4, 0.5) is 5.69 Å². The molecule has 3 aromatic heterocycles. The summed E-state index contributed by atoms with van der Waals surface area (Å²) in [5, 5.41) is 0. The fourth-order valence-electron chi connectivity index (χ4n) is 5.03. The van der Waals surface area contributed by atoms with Crippen molar-refractivity contribution in [3.63, 3.8) is 0 Å². The van der Waals surface area contributed by atoms with Gasteiger partial charge in [-0.15, -0.1) is 11.3 Å². The average Bonchev–Trinajstić information content (AvgIpc) is 3.58. The molecule has 1 aromatic carbocycles. The number of benzene rings is 1. The van der Waals surface area contributed by atoms with Gasteiger partial charge in [0, 0.05) is 42.3 Å². The molecular formula is C30H32N2O5S. The molecule has 0 atom stereocenters. The van der Waals surface area contributed by atoms with Gasteiger partial charge in [0.15, 0.2) is 5.58 Å². The summed E-state index contributed by atoms with van der Waals surface area (Å²) in [6.07, 6.45) is 5.56. The third-order valence-electron chi connectivity index (χ3n) is 7.27. The van der Waals surface area contributed by atoms with Gasteiger partial charge in [0.25, 0.3) is 0 Å². The summed E-state index contributed by atoms with van der Waals surface area (Å²) in [7, 11) is 2.98. The number of furan rings is 1. The molecule has 0 spiro atoms. The largest absolute Gasteiger partial charge is 0.465 e. The predicted octanol–water partition coefficient (Wildman–Crippen LogP) is 6.82. The van der Waals surface area contributed by atoms with Crippen LogP contribution in [0.5, 0.6) is 0 Å². The Labute approximate surface area is 226 Å². The highest BCUT2D eigenvalue weighted by atomic mass is 32.1. The Morgan fingerprint density at radius 3 is 2.47 bits per heavy atom. The maximum Gasteiger partial charge on any atom is 0.350 e. The minimum absolute atomic E-state index is 0.0468. The maximum absolute atomic E-state index is 13.7. The molecule has 4 aromatic rings. The summed E-state index contributed by atoms with van der Waals surface area (Å²) < 4.78 is 16.4. The van der Waals surface area contributed by atoms with E-state index >= 15 is 0 Å². The van der Waals surface area contributed by atoms with Crippen LogP contribution < -0.4 is 4.90 Å². The molecule has 0 N–H and O–H groups in total. The number of nitrogens with zero attached hydrogens (tertiary/aromatic N) is 2. The number of ether oxygens (including phenoxy) is 2. The number of fused-ring (bicyclic) bond motifs is 1. The molecule has 1 fully saturated rings. The SMILES string of the molecule is COCCN(C(=O)C1CCC(C)CC1)c1cc(-c2ccc(-c3cc4ncccc4o3)cc2)sc1C(=O)OC. The number of carbonyl (C=O) groups excluding carboxylic acids is 2. The van der Waals surface area contributed by atoms with Crippen molar-refractivity contribution in [2.45, 2.75) is 32.6 Å². The van der Waals surface area contributed by atoms with Gasteiger partial charge in [0.2, 0.25) is 5.91 Å². The van der Waals surface area contributed by atoms with Crippen LogP contribution in [0.15, 0.2) is 59.1 Å². The maximum atomic E-state index is 13.7. The Balaban J connectivity index is 1.47. The number of aromatic nitrogens is 1. The average molecular weight is 533 g/mol. The number of carbonyl (C=O) groups is 2. The van der Waals surface area contributed by atoms with Crippen LogP contribution >= 0.6 is 11.3 Å². The topological polar surface area (TPSA) is 81.9 Å². The molecular weight excluding hydrogens is 500 g/mol. The van der Waals surface area contributed by atoms with Crippen LogP contribution in [0.3, 0.4) is 0 Å². The van der Waals surface area contributed by atoms with Crippen molar-refractivity contribution >= 4 is 40.0 Å². The van der Waals surface area contributed by atoms with Crippen LogP contribution in [-0.4, -0.2) is 44.2 Å². The van der Waals surface area contributed by atoms with E-state index in [4.69, 9.17) is 13.9 Å². The molecule has 198 valence electrons. The molecule has 1 saturated carbocycles. The van der Waals surface area contributed by atoms with Gasteiger partial charge in [-0.05, 0) is 55.4 Å². The first-order valence-corrected chi connectivity index (χ1v) is 13.8. The predicted molar refractivity (Wildman–Crippen MR) is 149 cm³/mol. The van der Waals surface area contributed by atoms with Crippen molar-refractivity contribution in [3.05, 3.63) is 59.6 Å². The van der Waals surface area contributed by atoms with Crippen molar-refractivity contribution in [2.75, 3.05) is 32.3 Å². The standard InChI is InChI=1S/C30H32N2O5S/c1-19-6-8-22(9-7-19)29(33)32(15-16-35-2)24-18-27(38-28(24)30(34)36-3)21-12-10-20(11-13-21)26-17-23-25(37-26)5-4-14-31-23/h4-5,10-14,17-19,22H,6-9,15-16H2,1-3H3. The summed E-state index contributed by atoms with van der Waals surface area (Å²) >= 11 is 1.33. The fourth-order valence-corrected chi connectivity index (χ4v) is 6.12. The molecule has 0 aliphatic heterocycles. The fraction of sp³-hybridized carbons (Fsp3) is 0.367. The molecule has 7 nitrogen and oxygen atoms in total. The summed E-state index contributed by atoms with van der Waals surface area (Å²) in [4.78, 5) is 33.9. The second-order valence-electron chi connectivity index (χ2n) is 9.83. The number of pyridine rings is 1. The Morgan fingerprint density at radius 2 is 1.79 bits per heavy atom. The zero-order valence-corrected chi connectivity index (χ0v) is 22.8. The second-order valence-corrected chi connectivity index (χ2v) is 10.9. The number of amides is 1. The number of anilines is 1. The van der Waals surface area contributed by atoms with Crippen molar-refractivity contribution in [3.8, 4) is 21.8 Å². The zero-order chi connectivity index (χ0) is 26.6. The number of thiophene rings is 1. The van der Waals surface area contributed by atoms with Crippen LogP contribution in [-0.2, 0) is 14.3 Å². The van der Waals surface area contributed by atoms with E-state index in [1.165, 1.54) is 18.4 Å². The molecule has 5 rings (SSSR count). The minimum Gasteiger partial charge on any atom is -0.465 e. The highest BCUT2D eigenvalue weighted by Gasteiger charge is 2.32. The number of methoxy groups -OCH3 is 2. The van der Waals surface area contributed by atoms with Gasteiger partial charge in [0.05, 0.1) is 19.4 Å². The summed E-state index contributed by atoms with van der Waals surface area (Å²) in [6.45, 7) is 2.99. The minimum atomic E-state index is -0.449. The van der Waals surface area contributed by atoms with Gasteiger partial charge in [-0.25, -0.2) is 4.79 Å². The van der Waals surface area contributed by atoms with E-state index in [2.05, 4.69) is 11.9 Å². The lowest BCUT2D eigenvalue weighted by Crippen LogP contribution is -2.40. The van der Waals surface area contributed by atoms with E-state index < -0.39 is 5.97 Å². The molecule has 0 radical (unpaired) electrons. The van der Waals surface area contributed by atoms with Crippen LogP contribution in [0, 0.1) is 11.8 Å². The van der Waals surface area contributed by atoms with E-state index in [0.29, 0.717) is 29.6 Å².